The van der Waals surface area contributed by atoms with Gasteiger partial charge in [0, 0.05) is 12.6 Å². The fourth-order valence-electron chi connectivity index (χ4n) is 2.78. The molecule has 1 atom stereocenters. The first kappa shape index (κ1) is 14.9. The molecule has 0 spiro atoms. The van der Waals surface area contributed by atoms with E-state index in [0.29, 0.717) is 4.60 Å². The lowest BCUT2D eigenvalue weighted by molar-refractivity contribution is -0.0146. The highest BCUT2D eigenvalue weighted by Crippen LogP contribution is 2.34. The Morgan fingerprint density at radius 3 is 2.26 bits per heavy atom. The Kier molecular flexibility index (Phi) is 4.63. The van der Waals surface area contributed by atoms with Gasteiger partial charge in [-0.05, 0) is 55.7 Å². The summed E-state index contributed by atoms with van der Waals surface area (Å²) in [6.07, 6.45) is 4.39. The van der Waals surface area contributed by atoms with Gasteiger partial charge in [-0.1, -0.05) is 18.1 Å². The second-order valence-corrected chi connectivity index (χ2v) is 6.60. The average molecular weight is 331 g/mol. The zero-order valence-corrected chi connectivity index (χ0v) is 13.5. The van der Waals surface area contributed by atoms with Gasteiger partial charge in [0.15, 0.2) is 4.60 Å². The summed E-state index contributed by atoms with van der Waals surface area (Å²) >= 11 is 3.38. The van der Waals surface area contributed by atoms with Crippen LogP contribution in [0.2, 0.25) is 0 Å². The van der Waals surface area contributed by atoms with Gasteiger partial charge >= 0.3 is 0 Å². The second kappa shape index (κ2) is 5.89. The van der Waals surface area contributed by atoms with Crippen LogP contribution in [-0.4, -0.2) is 43.6 Å². The SMILES string of the molecule is Cn1nnc(Br)c1C(O)C(C)(C)N1CCCCCC1. The fourth-order valence-corrected chi connectivity index (χ4v) is 3.33. The molecule has 1 unspecified atom stereocenters. The summed E-state index contributed by atoms with van der Waals surface area (Å²) in [5.41, 5.74) is 0.428. The number of rotatable bonds is 3. The molecule has 0 amide bonds. The zero-order chi connectivity index (χ0) is 14.0. The molecule has 6 heteroatoms. The van der Waals surface area contributed by atoms with Crippen LogP contribution in [0.5, 0.6) is 0 Å². The van der Waals surface area contributed by atoms with E-state index >= 15 is 0 Å². The van der Waals surface area contributed by atoms with Crippen molar-refractivity contribution < 1.29 is 5.11 Å². The van der Waals surface area contributed by atoms with Gasteiger partial charge < -0.3 is 5.11 Å². The molecule has 1 aromatic rings. The number of likely N-dealkylation sites (tertiary alicyclic amines) is 1. The van der Waals surface area contributed by atoms with Crippen molar-refractivity contribution >= 4 is 15.9 Å². The van der Waals surface area contributed by atoms with Crippen molar-refractivity contribution in [2.75, 3.05) is 13.1 Å². The Morgan fingerprint density at radius 2 is 1.79 bits per heavy atom. The molecule has 0 aliphatic carbocycles. The summed E-state index contributed by atoms with van der Waals surface area (Å²) < 4.78 is 2.28. The molecule has 1 aliphatic rings. The largest absolute Gasteiger partial charge is 0.385 e. The summed E-state index contributed by atoms with van der Waals surface area (Å²) in [5.74, 6) is 0. The van der Waals surface area contributed by atoms with Crippen LogP contribution in [0.4, 0.5) is 0 Å². The predicted molar refractivity (Wildman–Crippen MR) is 77.8 cm³/mol. The van der Waals surface area contributed by atoms with E-state index in [4.69, 9.17) is 0 Å². The first-order valence-electron chi connectivity index (χ1n) is 6.93. The van der Waals surface area contributed by atoms with E-state index < -0.39 is 6.10 Å². The molecule has 0 radical (unpaired) electrons. The summed E-state index contributed by atoms with van der Waals surface area (Å²) in [6, 6.07) is 0. The Labute approximate surface area is 123 Å². The number of nitrogens with zero attached hydrogens (tertiary/aromatic N) is 4. The molecule has 5 nitrogen and oxygen atoms in total. The molecule has 0 saturated carbocycles. The van der Waals surface area contributed by atoms with Crippen molar-refractivity contribution in [3.05, 3.63) is 10.3 Å². The Balaban J connectivity index is 2.22. The minimum atomic E-state index is -0.611. The van der Waals surface area contributed by atoms with Crippen molar-refractivity contribution in [1.29, 1.82) is 0 Å². The molecule has 108 valence electrons. The van der Waals surface area contributed by atoms with Crippen molar-refractivity contribution in [2.24, 2.45) is 7.05 Å². The van der Waals surface area contributed by atoms with E-state index in [9.17, 15) is 5.11 Å². The molecule has 1 saturated heterocycles. The molecule has 19 heavy (non-hydrogen) atoms. The minimum Gasteiger partial charge on any atom is -0.385 e. The second-order valence-electron chi connectivity index (χ2n) is 5.85. The van der Waals surface area contributed by atoms with Gasteiger partial charge in [0.05, 0.1) is 0 Å². The van der Waals surface area contributed by atoms with E-state index in [0.717, 1.165) is 18.8 Å². The number of hydrogen-bond acceptors (Lipinski definition) is 4. The van der Waals surface area contributed by atoms with Gasteiger partial charge in [0.25, 0.3) is 0 Å². The van der Waals surface area contributed by atoms with Gasteiger partial charge in [-0.2, -0.15) is 0 Å². The molecule has 1 N–H and O–H groups in total. The number of aliphatic hydroxyl groups is 1. The number of halogens is 1. The highest BCUT2D eigenvalue weighted by atomic mass is 79.9. The number of aliphatic hydroxyl groups excluding tert-OH is 1. The van der Waals surface area contributed by atoms with Crippen LogP contribution < -0.4 is 0 Å². The maximum atomic E-state index is 10.8. The van der Waals surface area contributed by atoms with Gasteiger partial charge in [-0.25, -0.2) is 4.68 Å². The number of hydrogen-bond donors (Lipinski definition) is 1. The van der Waals surface area contributed by atoms with Crippen molar-refractivity contribution in [3.63, 3.8) is 0 Å². The van der Waals surface area contributed by atoms with Crippen molar-refractivity contribution in [3.8, 4) is 0 Å². The van der Waals surface area contributed by atoms with Gasteiger partial charge in [-0.15, -0.1) is 5.10 Å². The highest BCUT2D eigenvalue weighted by Gasteiger charge is 2.38. The Hall–Kier alpha value is -0.460. The molecule has 2 rings (SSSR count). The zero-order valence-electron chi connectivity index (χ0n) is 11.9. The third-order valence-corrected chi connectivity index (χ3v) is 4.74. The lowest BCUT2D eigenvalue weighted by Gasteiger charge is -2.41. The highest BCUT2D eigenvalue weighted by molar-refractivity contribution is 9.10. The normalized spacial score (nSPS) is 20.3. The molecule has 1 aliphatic heterocycles. The Morgan fingerprint density at radius 1 is 1.21 bits per heavy atom. The van der Waals surface area contributed by atoms with E-state index in [2.05, 4.69) is 45.0 Å². The van der Waals surface area contributed by atoms with Crippen LogP contribution in [0.25, 0.3) is 0 Å². The van der Waals surface area contributed by atoms with E-state index in [-0.39, 0.29) is 5.54 Å². The molecule has 0 bridgehead atoms. The molecular weight excluding hydrogens is 308 g/mol. The third kappa shape index (κ3) is 3.01. The van der Waals surface area contributed by atoms with Gasteiger partial charge in [0.2, 0.25) is 0 Å². The number of aryl methyl sites for hydroxylation is 1. The lowest BCUT2D eigenvalue weighted by atomic mass is 9.92. The van der Waals surface area contributed by atoms with Crippen LogP contribution >= 0.6 is 15.9 Å². The first-order chi connectivity index (χ1) is 8.94. The summed E-state index contributed by atoms with van der Waals surface area (Å²) in [5, 5.41) is 18.7. The minimum absolute atomic E-state index is 0.317. The van der Waals surface area contributed by atoms with Gasteiger partial charge in [-0.3, -0.25) is 4.90 Å². The van der Waals surface area contributed by atoms with Crippen molar-refractivity contribution in [1.82, 2.24) is 19.9 Å². The average Bonchev–Trinajstić information content (AvgIpc) is 2.61. The van der Waals surface area contributed by atoms with Gasteiger partial charge in [0.1, 0.15) is 11.8 Å². The smallest absolute Gasteiger partial charge is 0.154 e. The molecule has 1 aromatic heterocycles. The van der Waals surface area contributed by atoms with Crippen LogP contribution in [0.3, 0.4) is 0 Å². The lowest BCUT2D eigenvalue weighted by Crippen LogP contribution is -2.49. The molecule has 1 fully saturated rings. The maximum absolute atomic E-state index is 10.8. The van der Waals surface area contributed by atoms with E-state index in [1.807, 2.05) is 7.05 Å². The van der Waals surface area contributed by atoms with Crippen LogP contribution in [-0.2, 0) is 7.05 Å². The number of aromatic nitrogens is 3. The third-order valence-electron chi connectivity index (χ3n) is 4.18. The monoisotopic (exact) mass is 330 g/mol. The molecule has 2 heterocycles. The predicted octanol–water partition coefficient (Wildman–Crippen LogP) is 2.27. The molecule has 0 aromatic carbocycles. The maximum Gasteiger partial charge on any atom is 0.154 e. The quantitative estimate of drug-likeness (QED) is 0.923. The Bertz CT molecular complexity index is 405. The summed E-state index contributed by atoms with van der Waals surface area (Å²) in [7, 11) is 1.81. The summed E-state index contributed by atoms with van der Waals surface area (Å²) in [4.78, 5) is 2.39. The molecular formula is C13H23BrN4O. The topological polar surface area (TPSA) is 54.2 Å². The first-order valence-corrected chi connectivity index (χ1v) is 7.72. The van der Waals surface area contributed by atoms with E-state index in [1.54, 1.807) is 4.68 Å². The van der Waals surface area contributed by atoms with Crippen molar-refractivity contribution in [2.45, 2.75) is 51.2 Å². The fraction of sp³-hybridized carbons (Fsp3) is 0.846. The van der Waals surface area contributed by atoms with Crippen LogP contribution in [0.15, 0.2) is 4.60 Å². The van der Waals surface area contributed by atoms with Crippen LogP contribution in [0.1, 0.15) is 51.3 Å². The standard InChI is InChI=1S/C13H23BrN4O/c1-13(2,18-8-6-4-5-7-9-18)11(19)10-12(14)15-16-17(10)3/h11,19H,4-9H2,1-3H3. The van der Waals surface area contributed by atoms with Crippen LogP contribution in [0, 0.1) is 0 Å². The summed E-state index contributed by atoms with van der Waals surface area (Å²) in [6.45, 7) is 6.30. The van der Waals surface area contributed by atoms with E-state index in [1.165, 1.54) is 25.7 Å².